The van der Waals surface area contributed by atoms with Crippen LogP contribution in [-0.2, 0) is 16.1 Å². The number of hydrogen-bond donors (Lipinski definition) is 3. The summed E-state index contributed by atoms with van der Waals surface area (Å²) in [7, 11) is 0. The highest BCUT2D eigenvalue weighted by Gasteiger charge is 2.20. The number of esters is 1. The summed E-state index contributed by atoms with van der Waals surface area (Å²) in [6.45, 7) is 2.86. The molecule has 0 unspecified atom stereocenters. The standard InChI is InChI=1S/C20H28N6O3/c1-2-29-18(28)12-22-11-16(9-21)24-20-23-10-15-7-8-26(19(15)25-20)13-14-3-5-17(27)6-4-14/h7-11,14,17,27H,2-6,12-13,21H2,1H3,(H,23,24,25). The molecule has 9 heteroatoms. The summed E-state index contributed by atoms with van der Waals surface area (Å²) >= 11 is 0. The van der Waals surface area contributed by atoms with E-state index in [2.05, 4.69) is 24.8 Å². The number of nitrogens with one attached hydrogen (secondary N) is 1. The lowest BCUT2D eigenvalue weighted by molar-refractivity contribution is -0.141. The quantitative estimate of drug-likeness (QED) is 0.455. The molecule has 0 saturated heterocycles. The van der Waals surface area contributed by atoms with Gasteiger partial charge in [-0.25, -0.2) is 4.98 Å². The molecule has 0 aliphatic heterocycles. The summed E-state index contributed by atoms with van der Waals surface area (Å²) in [6, 6.07) is 2.00. The average molecular weight is 400 g/mol. The summed E-state index contributed by atoms with van der Waals surface area (Å²) < 4.78 is 6.96. The van der Waals surface area contributed by atoms with E-state index in [0.717, 1.165) is 43.3 Å². The van der Waals surface area contributed by atoms with Crippen LogP contribution >= 0.6 is 0 Å². The fourth-order valence-corrected chi connectivity index (χ4v) is 3.46. The number of fused-ring (bicyclic) bond motifs is 1. The topological polar surface area (TPSA) is 128 Å². The molecular weight excluding hydrogens is 372 g/mol. The zero-order chi connectivity index (χ0) is 20.6. The van der Waals surface area contributed by atoms with E-state index in [1.807, 2.05) is 12.3 Å². The zero-order valence-electron chi connectivity index (χ0n) is 16.6. The maximum Gasteiger partial charge on any atom is 0.327 e. The van der Waals surface area contributed by atoms with Crippen LogP contribution in [0.15, 0.2) is 35.3 Å². The van der Waals surface area contributed by atoms with Crippen LogP contribution in [0.4, 0.5) is 5.95 Å². The van der Waals surface area contributed by atoms with Crippen molar-refractivity contribution in [1.82, 2.24) is 14.5 Å². The van der Waals surface area contributed by atoms with Gasteiger partial charge in [0.15, 0.2) is 0 Å². The number of aliphatic imine (C=N–C) groups is 1. The van der Waals surface area contributed by atoms with Crippen molar-refractivity contribution in [3.8, 4) is 0 Å². The lowest BCUT2D eigenvalue weighted by Crippen LogP contribution is -2.21. The number of ether oxygens (including phenoxy) is 1. The van der Waals surface area contributed by atoms with Gasteiger partial charge in [-0.2, -0.15) is 4.98 Å². The largest absolute Gasteiger partial charge is 0.465 e. The van der Waals surface area contributed by atoms with Crippen LogP contribution in [0.5, 0.6) is 0 Å². The van der Waals surface area contributed by atoms with Crippen LogP contribution in [0.25, 0.3) is 11.0 Å². The monoisotopic (exact) mass is 400 g/mol. The van der Waals surface area contributed by atoms with Gasteiger partial charge in [0, 0.05) is 36.7 Å². The molecule has 0 radical (unpaired) electrons. The van der Waals surface area contributed by atoms with Gasteiger partial charge in [-0.15, -0.1) is 0 Å². The van der Waals surface area contributed by atoms with Crippen molar-refractivity contribution in [3.05, 3.63) is 30.4 Å². The molecule has 1 fully saturated rings. The molecular formula is C20H28N6O3. The summed E-state index contributed by atoms with van der Waals surface area (Å²) in [5.41, 5.74) is 6.96. The molecule has 4 N–H and O–H groups in total. The van der Waals surface area contributed by atoms with Crippen molar-refractivity contribution in [2.45, 2.75) is 45.3 Å². The molecule has 1 aliphatic carbocycles. The van der Waals surface area contributed by atoms with Crippen LogP contribution in [0.3, 0.4) is 0 Å². The number of aliphatic hydroxyl groups excluding tert-OH is 1. The smallest absolute Gasteiger partial charge is 0.327 e. The second-order valence-electron chi connectivity index (χ2n) is 7.14. The van der Waals surface area contributed by atoms with Gasteiger partial charge in [-0.3, -0.25) is 9.79 Å². The van der Waals surface area contributed by atoms with Crippen molar-refractivity contribution in [3.63, 3.8) is 0 Å². The van der Waals surface area contributed by atoms with E-state index in [1.54, 1.807) is 13.1 Å². The number of hydrogen-bond acceptors (Lipinski definition) is 8. The average Bonchev–Trinajstić information content (AvgIpc) is 3.11. The summed E-state index contributed by atoms with van der Waals surface area (Å²) in [5.74, 6) is 0.538. The predicted molar refractivity (Wildman–Crippen MR) is 111 cm³/mol. The van der Waals surface area contributed by atoms with Gasteiger partial charge < -0.3 is 25.5 Å². The molecule has 9 nitrogen and oxygen atoms in total. The number of carbonyl (C=O) groups excluding carboxylic acids is 1. The first kappa shape index (κ1) is 20.8. The Hall–Kier alpha value is -2.94. The van der Waals surface area contributed by atoms with Crippen molar-refractivity contribution >= 4 is 29.2 Å². The highest BCUT2D eigenvalue weighted by Crippen LogP contribution is 2.27. The fraction of sp³-hybridized carbons (Fsp3) is 0.500. The van der Waals surface area contributed by atoms with Crippen LogP contribution in [0, 0.1) is 5.92 Å². The van der Waals surface area contributed by atoms with E-state index in [9.17, 15) is 9.90 Å². The van der Waals surface area contributed by atoms with Crippen molar-refractivity contribution < 1.29 is 14.6 Å². The fourth-order valence-electron chi connectivity index (χ4n) is 3.46. The van der Waals surface area contributed by atoms with Gasteiger partial charge in [-0.1, -0.05) is 0 Å². The normalized spacial score (nSPS) is 20.3. The summed E-state index contributed by atoms with van der Waals surface area (Å²) in [5, 5.41) is 13.7. The van der Waals surface area contributed by atoms with E-state index >= 15 is 0 Å². The van der Waals surface area contributed by atoms with E-state index in [0.29, 0.717) is 24.2 Å². The second kappa shape index (κ2) is 10.0. The van der Waals surface area contributed by atoms with Crippen LogP contribution in [0.2, 0.25) is 0 Å². The third kappa shape index (κ3) is 5.77. The first-order chi connectivity index (χ1) is 14.1. The minimum atomic E-state index is -0.397. The molecule has 2 aromatic heterocycles. The first-order valence-corrected chi connectivity index (χ1v) is 9.93. The number of aliphatic hydroxyl groups is 1. The van der Waals surface area contributed by atoms with Crippen molar-refractivity contribution in [2.75, 3.05) is 18.5 Å². The third-order valence-electron chi connectivity index (χ3n) is 4.96. The Labute approximate surface area is 169 Å². The molecule has 2 heterocycles. The number of rotatable bonds is 8. The lowest BCUT2D eigenvalue weighted by Gasteiger charge is -2.25. The molecule has 1 aliphatic rings. The molecule has 0 aromatic carbocycles. The zero-order valence-corrected chi connectivity index (χ0v) is 16.6. The van der Waals surface area contributed by atoms with E-state index in [-0.39, 0.29) is 12.6 Å². The molecule has 2 aromatic rings. The van der Waals surface area contributed by atoms with Gasteiger partial charge in [0.25, 0.3) is 0 Å². The molecule has 1 saturated carbocycles. The Kier molecular flexibility index (Phi) is 7.18. The van der Waals surface area contributed by atoms with Crippen LogP contribution in [-0.4, -0.2) is 51.1 Å². The maximum atomic E-state index is 11.4. The number of allylic oxidation sites excluding steroid dienone is 1. The Morgan fingerprint density at radius 1 is 1.45 bits per heavy atom. The van der Waals surface area contributed by atoms with E-state index < -0.39 is 5.97 Å². The molecule has 29 heavy (non-hydrogen) atoms. The molecule has 3 rings (SSSR count). The van der Waals surface area contributed by atoms with Gasteiger partial charge in [0.1, 0.15) is 12.2 Å². The molecule has 156 valence electrons. The van der Waals surface area contributed by atoms with Gasteiger partial charge in [-0.05, 0) is 44.6 Å². The molecule has 0 bridgehead atoms. The van der Waals surface area contributed by atoms with Crippen molar-refractivity contribution in [2.24, 2.45) is 16.6 Å². The summed E-state index contributed by atoms with van der Waals surface area (Å²) in [4.78, 5) is 24.3. The lowest BCUT2D eigenvalue weighted by atomic mass is 9.87. The highest BCUT2D eigenvalue weighted by molar-refractivity contribution is 5.85. The van der Waals surface area contributed by atoms with E-state index in [4.69, 9.17) is 10.5 Å². The summed E-state index contributed by atoms with van der Waals surface area (Å²) in [6.07, 6.45) is 10.2. The van der Waals surface area contributed by atoms with E-state index in [1.165, 1.54) is 12.4 Å². The minimum Gasteiger partial charge on any atom is -0.465 e. The van der Waals surface area contributed by atoms with Gasteiger partial charge in [0.2, 0.25) is 5.95 Å². The number of aromatic nitrogens is 3. The molecule has 0 amide bonds. The Morgan fingerprint density at radius 2 is 2.24 bits per heavy atom. The third-order valence-corrected chi connectivity index (χ3v) is 4.96. The molecule has 0 spiro atoms. The Morgan fingerprint density at radius 3 is 2.97 bits per heavy atom. The molecule has 0 atom stereocenters. The van der Waals surface area contributed by atoms with Gasteiger partial charge in [0.05, 0.1) is 18.4 Å². The number of nitrogens with zero attached hydrogens (tertiary/aromatic N) is 4. The Bertz CT molecular complexity index is 883. The predicted octanol–water partition coefficient (Wildman–Crippen LogP) is 1.83. The second-order valence-corrected chi connectivity index (χ2v) is 7.14. The van der Waals surface area contributed by atoms with Crippen LogP contribution in [0.1, 0.15) is 32.6 Å². The van der Waals surface area contributed by atoms with Crippen LogP contribution < -0.4 is 11.1 Å². The number of nitrogens with two attached hydrogens (primary N) is 1. The Balaban J connectivity index is 1.66. The highest BCUT2D eigenvalue weighted by atomic mass is 16.5. The SMILES string of the molecule is CCOC(=O)CN=CC(=CN)Nc1ncc2ccn(CC3CCC(O)CC3)c2n1. The van der Waals surface area contributed by atoms with Crippen molar-refractivity contribution in [1.29, 1.82) is 0 Å². The number of anilines is 1. The minimum absolute atomic E-state index is 0.0777. The first-order valence-electron chi connectivity index (χ1n) is 9.93. The number of carbonyl (C=O) groups is 1. The van der Waals surface area contributed by atoms with Gasteiger partial charge >= 0.3 is 5.97 Å². The maximum absolute atomic E-state index is 11.4.